The van der Waals surface area contributed by atoms with Crippen molar-refractivity contribution in [1.29, 1.82) is 0 Å². The van der Waals surface area contributed by atoms with Crippen molar-refractivity contribution >= 4 is 15.9 Å². The number of halogens is 2. The van der Waals surface area contributed by atoms with Crippen molar-refractivity contribution in [2.45, 2.75) is 37.4 Å². The molecule has 1 atom stereocenters. The highest BCUT2D eigenvalue weighted by molar-refractivity contribution is 9.09. The van der Waals surface area contributed by atoms with Crippen LogP contribution in [0, 0.1) is 5.82 Å². The lowest BCUT2D eigenvalue weighted by Gasteiger charge is -2.27. The van der Waals surface area contributed by atoms with E-state index in [1.54, 1.807) is 13.2 Å². The van der Waals surface area contributed by atoms with Gasteiger partial charge in [-0.3, -0.25) is 0 Å². The van der Waals surface area contributed by atoms with Crippen molar-refractivity contribution in [2.24, 2.45) is 0 Å². The van der Waals surface area contributed by atoms with Gasteiger partial charge in [0.15, 0.2) is 0 Å². The number of ether oxygens (including phenoxy) is 1. The smallest absolute Gasteiger partial charge is 0.130 e. The fourth-order valence-corrected chi connectivity index (χ4v) is 2.79. The standard InChI is InChI=1S/C13H18BrFO/c1-9(14)8-13(2,3)11-6-5-10(16-4)7-12(11)15/h5-7,9H,8H2,1-4H3. The maximum absolute atomic E-state index is 13.9. The first kappa shape index (κ1) is 13.5. The highest BCUT2D eigenvalue weighted by Crippen LogP contribution is 2.33. The minimum Gasteiger partial charge on any atom is -0.497 e. The Balaban J connectivity index is 3.03. The fraction of sp³-hybridized carbons (Fsp3) is 0.538. The summed E-state index contributed by atoms with van der Waals surface area (Å²) in [6.45, 7) is 6.18. The normalized spacial score (nSPS) is 13.6. The fourth-order valence-electron chi connectivity index (χ4n) is 1.98. The van der Waals surface area contributed by atoms with Gasteiger partial charge in [-0.25, -0.2) is 4.39 Å². The van der Waals surface area contributed by atoms with E-state index in [1.165, 1.54) is 6.07 Å². The van der Waals surface area contributed by atoms with Crippen LogP contribution in [0.4, 0.5) is 4.39 Å². The SMILES string of the molecule is COc1ccc(C(C)(C)CC(C)Br)c(F)c1. The summed E-state index contributed by atoms with van der Waals surface area (Å²) in [6, 6.07) is 5.05. The Labute approximate surface area is 105 Å². The number of hydrogen-bond donors (Lipinski definition) is 0. The molecule has 0 radical (unpaired) electrons. The Morgan fingerprint density at radius 1 is 1.44 bits per heavy atom. The summed E-state index contributed by atoms with van der Waals surface area (Å²) in [5.41, 5.74) is 0.554. The summed E-state index contributed by atoms with van der Waals surface area (Å²) in [5, 5.41) is 0. The first-order chi connectivity index (χ1) is 7.36. The topological polar surface area (TPSA) is 9.23 Å². The van der Waals surface area contributed by atoms with E-state index in [0.717, 1.165) is 12.0 Å². The van der Waals surface area contributed by atoms with Crippen molar-refractivity contribution in [3.8, 4) is 5.75 Å². The molecule has 1 rings (SSSR count). The maximum Gasteiger partial charge on any atom is 0.130 e. The third-order valence-electron chi connectivity index (χ3n) is 2.70. The highest BCUT2D eigenvalue weighted by atomic mass is 79.9. The molecule has 90 valence electrons. The number of rotatable bonds is 4. The third-order valence-corrected chi connectivity index (χ3v) is 3.02. The van der Waals surface area contributed by atoms with Crippen molar-refractivity contribution in [1.82, 2.24) is 0 Å². The van der Waals surface area contributed by atoms with Gasteiger partial charge in [0, 0.05) is 10.9 Å². The van der Waals surface area contributed by atoms with E-state index in [4.69, 9.17) is 4.74 Å². The second kappa shape index (κ2) is 5.17. The van der Waals surface area contributed by atoms with Crippen LogP contribution in [0.3, 0.4) is 0 Å². The van der Waals surface area contributed by atoms with Gasteiger partial charge in [0.1, 0.15) is 11.6 Å². The second-order valence-electron chi connectivity index (χ2n) is 4.71. The van der Waals surface area contributed by atoms with Crippen LogP contribution in [0.25, 0.3) is 0 Å². The number of alkyl halides is 1. The molecular formula is C13H18BrFO. The van der Waals surface area contributed by atoms with Crippen LogP contribution in [0.2, 0.25) is 0 Å². The number of methoxy groups -OCH3 is 1. The maximum atomic E-state index is 13.9. The molecule has 3 heteroatoms. The summed E-state index contributed by atoms with van der Waals surface area (Å²) in [7, 11) is 1.54. The predicted molar refractivity (Wildman–Crippen MR) is 69.0 cm³/mol. The first-order valence-electron chi connectivity index (χ1n) is 5.35. The Morgan fingerprint density at radius 3 is 2.50 bits per heavy atom. The van der Waals surface area contributed by atoms with Gasteiger partial charge in [0.05, 0.1) is 7.11 Å². The Morgan fingerprint density at radius 2 is 2.06 bits per heavy atom. The van der Waals surface area contributed by atoms with E-state index >= 15 is 0 Å². The Kier molecular flexibility index (Phi) is 4.36. The van der Waals surface area contributed by atoms with Crippen LogP contribution in [0.15, 0.2) is 18.2 Å². The molecule has 0 aromatic heterocycles. The predicted octanol–water partition coefficient (Wildman–Crippen LogP) is 4.29. The number of benzene rings is 1. The molecule has 0 spiro atoms. The van der Waals surface area contributed by atoms with E-state index in [9.17, 15) is 4.39 Å². The van der Waals surface area contributed by atoms with E-state index in [1.807, 2.05) is 6.07 Å². The molecule has 0 aliphatic rings. The van der Waals surface area contributed by atoms with Gasteiger partial charge in [0.25, 0.3) is 0 Å². The molecule has 0 aliphatic carbocycles. The highest BCUT2D eigenvalue weighted by Gasteiger charge is 2.25. The molecule has 1 aromatic carbocycles. The molecule has 0 saturated carbocycles. The first-order valence-corrected chi connectivity index (χ1v) is 6.26. The minimum atomic E-state index is -0.197. The zero-order valence-corrected chi connectivity index (χ0v) is 11.8. The molecule has 1 aromatic rings. The number of hydrogen-bond acceptors (Lipinski definition) is 1. The van der Waals surface area contributed by atoms with Crippen LogP contribution in [0.5, 0.6) is 5.75 Å². The van der Waals surface area contributed by atoms with Crippen LogP contribution in [-0.4, -0.2) is 11.9 Å². The van der Waals surface area contributed by atoms with Gasteiger partial charge < -0.3 is 4.74 Å². The molecule has 0 heterocycles. The molecule has 0 saturated heterocycles. The quantitative estimate of drug-likeness (QED) is 0.751. The van der Waals surface area contributed by atoms with E-state index in [-0.39, 0.29) is 11.2 Å². The van der Waals surface area contributed by atoms with Crippen molar-refractivity contribution in [3.05, 3.63) is 29.6 Å². The van der Waals surface area contributed by atoms with Gasteiger partial charge >= 0.3 is 0 Å². The second-order valence-corrected chi connectivity index (χ2v) is 6.28. The third kappa shape index (κ3) is 3.21. The molecule has 0 fully saturated rings. The van der Waals surface area contributed by atoms with Crippen LogP contribution < -0.4 is 4.74 Å². The van der Waals surface area contributed by atoms with Crippen LogP contribution in [0.1, 0.15) is 32.8 Å². The monoisotopic (exact) mass is 288 g/mol. The summed E-state index contributed by atoms with van der Waals surface area (Å²) < 4.78 is 18.9. The van der Waals surface area contributed by atoms with E-state index in [0.29, 0.717) is 10.6 Å². The summed E-state index contributed by atoms with van der Waals surface area (Å²) >= 11 is 3.51. The van der Waals surface area contributed by atoms with Gasteiger partial charge in [0.2, 0.25) is 0 Å². The molecule has 1 nitrogen and oxygen atoms in total. The van der Waals surface area contributed by atoms with Crippen molar-refractivity contribution < 1.29 is 9.13 Å². The van der Waals surface area contributed by atoms with E-state index < -0.39 is 0 Å². The molecule has 0 amide bonds. The minimum absolute atomic E-state index is 0.181. The molecule has 1 unspecified atom stereocenters. The zero-order chi connectivity index (χ0) is 12.3. The van der Waals surface area contributed by atoms with Gasteiger partial charge in [-0.15, -0.1) is 0 Å². The van der Waals surface area contributed by atoms with Gasteiger partial charge in [-0.05, 0) is 23.5 Å². The van der Waals surface area contributed by atoms with Crippen LogP contribution in [-0.2, 0) is 5.41 Å². The average Bonchev–Trinajstić information content (AvgIpc) is 2.14. The summed E-state index contributed by atoms with van der Waals surface area (Å²) in [6.07, 6.45) is 0.885. The molecule has 0 aliphatic heterocycles. The summed E-state index contributed by atoms with van der Waals surface area (Å²) in [4.78, 5) is 0.365. The summed E-state index contributed by atoms with van der Waals surface area (Å²) in [5.74, 6) is 0.362. The lowest BCUT2D eigenvalue weighted by molar-refractivity contribution is 0.405. The van der Waals surface area contributed by atoms with Gasteiger partial charge in [-0.1, -0.05) is 42.8 Å². The van der Waals surface area contributed by atoms with Gasteiger partial charge in [-0.2, -0.15) is 0 Å². The average molecular weight is 289 g/mol. The zero-order valence-electron chi connectivity index (χ0n) is 10.2. The van der Waals surface area contributed by atoms with E-state index in [2.05, 4.69) is 36.7 Å². The van der Waals surface area contributed by atoms with Crippen LogP contribution >= 0.6 is 15.9 Å². The lowest BCUT2D eigenvalue weighted by atomic mass is 9.80. The lowest BCUT2D eigenvalue weighted by Crippen LogP contribution is -2.22. The molecule has 0 bridgehead atoms. The molecule has 16 heavy (non-hydrogen) atoms. The Hall–Kier alpha value is -0.570. The molecular weight excluding hydrogens is 271 g/mol. The molecule has 0 N–H and O–H groups in total. The largest absolute Gasteiger partial charge is 0.497 e. The van der Waals surface area contributed by atoms with Crippen molar-refractivity contribution in [2.75, 3.05) is 7.11 Å². The Bertz CT molecular complexity index is 361. The van der Waals surface area contributed by atoms with Crippen molar-refractivity contribution in [3.63, 3.8) is 0 Å².